The van der Waals surface area contributed by atoms with Gasteiger partial charge in [0.25, 0.3) is 0 Å². The third-order valence-electron chi connectivity index (χ3n) is 2.63. The molecule has 0 bridgehead atoms. The van der Waals surface area contributed by atoms with Gasteiger partial charge in [-0.05, 0) is 28.9 Å². The van der Waals surface area contributed by atoms with Crippen LogP contribution < -0.4 is 5.32 Å². The van der Waals surface area contributed by atoms with Gasteiger partial charge in [0.05, 0.1) is 0 Å². The molecule has 102 valence electrons. The predicted octanol–water partition coefficient (Wildman–Crippen LogP) is 1.69. The van der Waals surface area contributed by atoms with Crippen LogP contribution in [0.1, 0.15) is 5.82 Å². The molecule has 0 saturated heterocycles. The average molecular weight is 296 g/mol. The van der Waals surface area contributed by atoms with Crippen LogP contribution in [0, 0.1) is 11.3 Å². The van der Waals surface area contributed by atoms with Gasteiger partial charge in [-0.2, -0.15) is 10.5 Å². The number of aromatic amines is 1. The molecule has 0 aliphatic heterocycles. The molecule has 3 aromatic rings. The van der Waals surface area contributed by atoms with Gasteiger partial charge in [-0.1, -0.05) is 16.6 Å². The van der Waals surface area contributed by atoms with E-state index in [1.54, 1.807) is 0 Å². The summed E-state index contributed by atoms with van der Waals surface area (Å²) in [6.07, 6.45) is 1.53. The van der Waals surface area contributed by atoms with E-state index in [0.717, 1.165) is 16.9 Å². The smallest absolute Gasteiger partial charge is 0.216 e. The maximum atomic E-state index is 9.05. The Labute approximate surface area is 123 Å². The Morgan fingerprint density at radius 1 is 1.29 bits per heavy atom. The third-order valence-corrected chi connectivity index (χ3v) is 3.14. The highest BCUT2D eigenvalue weighted by molar-refractivity contribution is 7.03. The average Bonchev–Trinajstić information content (AvgIpc) is 3.22. The van der Waals surface area contributed by atoms with E-state index in [0.29, 0.717) is 0 Å². The molecular weight excluding hydrogens is 288 g/mol. The first kappa shape index (κ1) is 12.9. The number of rotatable bonds is 4. The Morgan fingerprint density at radius 2 is 2.14 bits per heavy atom. The molecule has 0 fully saturated rings. The highest BCUT2D eigenvalue weighted by Crippen LogP contribution is 2.20. The molecular formula is C12H8N8S. The first-order valence-electron chi connectivity index (χ1n) is 5.85. The van der Waals surface area contributed by atoms with Crippen LogP contribution in [0.2, 0.25) is 0 Å². The molecule has 0 unspecified atom stereocenters. The van der Waals surface area contributed by atoms with E-state index in [9.17, 15) is 0 Å². The maximum absolute atomic E-state index is 9.05. The lowest BCUT2D eigenvalue weighted by Gasteiger charge is -2.02. The van der Waals surface area contributed by atoms with E-state index < -0.39 is 0 Å². The van der Waals surface area contributed by atoms with E-state index in [1.165, 1.54) is 17.7 Å². The molecule has 2 heterocycles. The topological polar surface area (TPSA) is 116 Å². The van der Waals surface area contributed by atoms with Crippen LogP contribution >= 0.6 is 11.5 Å². The highest BCUT2D eigenvalue weighted by Gasteiger charge is 2.05. The highest BCUT2D eigenvalue weighted by atomic mass is 32.1. The number of tetrazole rings is 1. The van der Waals surface area contributed by atoms with Crippen molar-refractivity contribution in [2.75, 3.05) is 5.32 Å². The van der Waals surface area contributed by atoms with E-state index in [1.807, 2.05) is 35.7 Å². The van der Waals surface area contributed by atoms with Crippen molar-refractivity contribution in [1.82, 2.24) is 30.2 Å². The Morgan fingerprint density at radius 3 is 2.76 bits per heavy atom. The van der Waals surface area contributed by atoms with Gasteiger partial charge in [-0.15, -0.1) is 15.3 Å². The monoisotopic (exact) mass is 296 g/mol. The van der Waals surface area contributed by atoms with Gasteiger partial charge in [0.1, 0.15) is 17.3 Å². The number of allylic oxidation sites excluding steroid dienone is 1. The molecule has 2 N–H and O–H groups in total. The molecule has 0 spiro atoms. The first-order valence-corrected chi connectivity index (χ1v) is 6.68. The van der Waals surface area contributed by atoms with Gasteiger partial charge >= 0.3 is 0 Å². The van der Waals surface area contributed by atoms with Gasteiger partial charge in [-0.25, -0.2) is 0 Å². The molecule has 0 radical (unpaired) electrons. The minimum Gasteiger partial charge on any atom is -0.360 e. The molecule has 21 heavy (non-hydrogen) atoms. The minimum atomic E-state index is 0.246. The second-order valence-corrected chi connectivity index (χ2v) is 4.53. The number of aromatic nitrogens is 6. The van der Waals surface area contributed by atoms with E-state index in [4.69, 9.17) is 5.26 Å². The number of nitrogens with one attached hydrogen (secondary N) is 2. The van der Waals surface area contributed by atoms with Crippen molar-refractivity contribution in [3.63, 3.8) is 0 Å². The van der Waals surface area contributed by atoms with Crippen molar-refractivity contribution < 1.29 is 0 Å². The quantitative estimate of drug-likeness (QED) is 0.704. The van der Waals surface area contributed by atoms with Crippen LogP contribution in [0.4, 0.5) is 5.69 Å². The standard InChI is InChI=1S/C12H8N8S/c13-5-9(12-16-18-19-17-12)6-14-10-3-1-8(2-4-10)11-7-21-20-15-11/h1-4,6-7,14H,(H,16,17,18,19). The van der Waals surface area contributed by atoms with Crippen LogP contribution in [0.5, 0.6) is 0 Å². The fraction of sp³-hybridized carbons (Fsp3) is 0. The van der Waals surface area contributed by atoms with Crippen LogP contribution in [-0.2, 0) is 0 Å². The minimum absolute atomic E-state index is 0.246. The largest absolute Gasteiger partial charge is 0.360 e. The van der Waals surface area contributed by atoms with Crippen LogP contribution in [0.25, 0.3) is 16.8 Å². The summed E-state index contributed by atoms with van der Waals surface area (Å²) in [5, 5.41) is 31.2. The number of benzene rings is 1. The first-order chi connectivity index (χ1) is 10.4. The van der Waals surface area contributed by atoms with Crippen LogP contribution in [0.15, 0.2) is 35.8 Å². The number of H-pyrrole nitrogens is 1. The van der Waals surface area contributed by atoms with E-state index in [2.05, 4.69) is 35.5 Å². The summed E-state index contributed by atoms with van der Waals surface area (Å²) in [6.45, 7) is 0. The zero-order chi connectivity index (χ0) is 14.5. The van der Waals surface area contributed by atoms with Crippen molar-refractivity contribution in [2.45, 2.75) is 0 Å². The lowest BCUT2D eigenvalue weighted by atomic mass is 10.1. The molecule has 0 aliphatic rings. The predicted molar refractivity (Wildman–Crippen MR) is 76.7 cm³/mol. The molecule has 0 atom stereocenters. The zero-order valence-corrected chi connectivity index (χ0v) is 11.4. The Balaban J connectivity index is 1.75. The molecule has 8 nitrogen and oxygen atoms in total. The SMILES string of the molecule is N#CC(=CNc1ccc(-c2csnn2)cc1)c1nn[nH]n1. The summed E-state index contributed by atoms with van der Waals surface area (Å²) >= 11 is 1.31. The van der Waals surface area contributed by atoms with Crippen molar-refractivity contribution in [2.24, 2.45) is 0 Å². The lowest BCUT2D eigenvalue weighted by molar-refractivity contribution is 0.881. The number of nitriles is 1. The second kappa shape index (κ2) is 5.89. The molecule has 0 amide bonds. The molecule has 2 aromatic heterocycles. The molecule has 1 aromatic carbocycles. The van der Waals surface area contributed by atoms with E-state index in [-0.39, 0.29) is 11.4 Å². The number of nitrogens with zero attached hydrogens (tertiary/aromatic N) is 6. The zero-order valence-electron chi connectivity index (χ0n) is 10.6. The fourth-order valence-electron chi connectivity index (χ4n) is 1.61. The van der Waals surface area contributed by atoms with Gasteiger partial charge < -0.3 is 5.32 Å². The Hall–Kier alpha value is -3.12. The molecule has 0 saturated carbocycles. The van der Waals surface area contributed by atoms with Crippen molar-refractivity contribution in [1.29, 1.82) is 5.26 Å². The number of hydrogen-bond acceptors (Lipinski definition) is 8. The van der Waals surface area contributed by atoms with Crippen LogP contribution in [-0.4, -0.2) is 30.2 Å². The second-order valence-electron chi connectivity index (χ2n) is 3.92. The van der Waals surface area contributed by atoms with Gasteiger partial charge in [0.15, 0.2) is 0 Å². The van der Waals surface area contributed by atoms with Gasteiger partial charge in [0, 0.05) is 22.8 Å². The van der Waals surface area contributed by atoms with Gasteiger partial charge in [0.2, 0.25) is 5.82 Å². The Kier molecular flexibility index (Phi) is 3.62. The summed E-state index contributed by atoms with van der Waals surface area (Å²) in [7, 11) is 0. The third kappa shape index (κ3) is 2.90. The Bertz CT molecular complexity index is 768. The molecule has 0 aliphatic carbocycles. The summed E-state index contributed by atoms with van der Waals surface area (Å²) in [4.78, 5) is 0. The van der Waals surface area contributed by atoms with Crippen molar-refractivity contribution in [3.8, 4) is 17.3 Å². The summed E-state index contributed by atoms with van der Waals surface area (Å²) in [6, 6.07) is 9.62. The summed E-state index contributed by atoms with van der Waals surface area (Å²) in [5.41, 5.74) is 2.94. The summed E-state index contributed by atoms with van der Waals surface area (Å²) in [5.74, 6) is 0.246. The summed E-state index contributed by atoms with van der Waals surface area (Å²) < 4.78 is 3.83. The van der Waals surface area contributed by atoms with Crippen molar-refractivity contribution >= 4 is 22.8 Å². The number of anilines is 1. The van der Waals surface area contributed by atoms with E-state index >= 15 is 0 Å². The fourth-order valence-corrected chi connectivity index (χ4v) is 2.07. The van der Waals surface area contributed by atoms with Crippen molar-refractivity contribution in [3.05, 3.63) is 41.7 Å². The maximum Gasteiger partial charge on any atom is 0.216 e. The normalized spacial score (nSPS) is 11.1. The molecule has 3 rings (SSSR count). The van der Waals surface area contributed by atoms with Gasteiger partial charge in [-0.3, -0.25) is 0 Å². The molecule has 9 heteroatoms. The van der Waals surface area contributed by atoms with Crippen LogP contribution in [0.3, 0.4) is 0 Å². The lowest BCUT2D eigenvalue weighted by Crippen LogP contribution is -1.93. The number of hydrogen-bond donors (Lipinski definition) is 2.